The zero-order valence-electron chi connectivity index (χ0n) is 11.2. The summed E-state index contributed by atoms with van der Waals surface area (Å²) < 4.78 is 0. The molecule has 0 aliphatic heterocycles. The van der Waals surface area contributed by atoms with Gasteiger partial charge in [0, 0.05) is 17.5 Å². The molecule has 1 N–H and O–H groups in total. The minimum absolute atomic E-state index is 0.486. The molecule has 0 saturated heterocycles. The number of thiophene rings is 1. The molecule has 0 radical (unpaired) electrons. The fourth-order valence-corrected chi connectivity index (χ4v) is 3.10. The van der Waals surface area contributed by atoms with Crippen LogP contribution < -0.4 is 5.32 Å². The van der Waals surface area contributed by atoms with Crippen molar-refractivity contribution in [1.29, 1.82) is 0 Å². The first-order chi connectivity index (χ1) is 9.29. The number of halogens is 1. The lowest BCUT2D eigenvalue weighted by molar-refractivity contribution is 0.577. The Morgan fingerprint density at radius 3 is 2.89 bits per heavy atom. The normalized spacial score (nSPS) is 12.5. The average molecular weight is 294 g/mol. The molecule has 1 atom stereocenters. The molecule has 19 heavy (non-hydrogen) atoms. The van der Waals surface area contributed by atoms with Gasteiger partial charge >= 0.3 is 0 Å². The molecule has 102 valence electrons. The monoisotopic (exact) mass is 293 g/mol. The summed E-state index contributed by atoms with van der Waals surface area (Å²) in [5.74, 6) is 0.486. The van der Waals surface area contributed by atoms with Crippen LogP contribution in [-0.4, -0.2) is 13.1 Å². The van der Waals surface area contributed by atoms with Crippen LogP contribution >= 0.6 is 22.9 Å². The molecule has 0 amide bonds. The highest BCUT2D eigenvalue weighted by molar-refractivity contribution is 7.07. The van der Waals surface area contributed by atoms with E-state index in [9.17, 15) is 0 Å². The molecular weight excluding hydrogens is 274 g/mol. The molecule has 1 heterocycles. The lowest BCUT2D eigenvalue weighted by atomic mass is 9.93. The van der Waals surface area contributed by atoms with E-state index < -0.39 is 0 Å². The number of nitrogens with one attached hydrogen (secondary N) is 1. The third-order valence-corrected chi connectivity index (χ3v) is 4.17. The van der Waals surface area contributed by atoms with Gasteiger partial charge in [0.1, 0.15) is 0 Å². The molecular formula is C16H20ClNS. The largest absolute Gasteiger partial charge is 0.316 e. The van der Waals surface area contributed by atoms with Crippen LogP contribution in [0.2, 0.25) is 5.02 Å². The summed E-state index contributed by atoms with van der Waals surface area (Å²) >= 11 is 7.88. The highest BCUT2D eigenvalue weighted by Crippen LogP contribution is 2.24. The van der Waals surface area contributed by atoms with E-state index in [4.69, 9.17) is 11.6 Å². The van der Waals surface area contributed by atoms with E-state index in [1.165, 1.54) is 17.5 Å². The molecule has 1 aromatic heterocycles. The Bertz CT molecular complexity index is 481. The Labute approximate surface area is 124 Å². The molecule has 0 spiro atoms. The van der Waals surface area contributed by atoms with Gasteiger partial charge < -0.3 is 5.32 Å². The predicted molar refractivity (Wildman–Crippen MR) is 85.4 cm³/mol. The maximum atomic E-state index is 6.11. The molecule has 0 saturated carbocycles. The van der Waals surface area contributed by atoms with Crippen molar-refractivity contribution < 1.29 is 0 Å². The van der Waals surface area contributed by atoms with Gasteiger partial charge in [-0.05, 0) is 59.5 Å². The van der Waals surface area contributed by atoms with E-state index in [2.05, 4.69) is 41.2 Å². The molecule has 3 heteroatoms. The van der Waals surface area contributed by atoms with Crippen LogP contribution in [0.4, 0.5) is 0 Å². The second-order valence-corrected chi connectivity index (χ2v) is 6.01. The van der Waals surface area contributed by atoms with Gasteiger partial charge in [-0.25, -0.2) is 0 Å². The van der Waals surface area contributed by atoms with Gasteiger partial charge in [0.05, 0.1) is 0 Å². The summed E-state index contributed by atoms with van der Waals surface area (Å²) in [6.07, 6.45) is 2.24. The van der Waals surface area contributed by atoms with Crippen LogP contribution in [0.3, 0.4) is 0 Å². The zero-order valence-corrected chi connectivity index (χ0v) is 12.8. The van der Waals surface area contributed by atoms with Crippen molar-refractivity contribution in [3.05, 3.63) is 57.2 Å². The number of benzene rings is 1. The molecule has 0 fully saturated rings. The highest BCUT2D eigenvalue weighted by atomic mass is 35.5. The molecule has 1 nitrogen and oxygen atoms in total. The van der Waals surface area contributed by atoms with Crippen LogP contribution in [0, 0.1) is 0 Å². The van der Waals surface area contributed by atoms with E-state index >= 15 is 0 Å². The fraction of sp³-hybridized carbons (Fsp3) is 0.375. The predicted octanol–water partition coefficient (Wildman–Crippen LogP) is 4.73. The van der Waals surface area contributed by atoms with Gasteiger partial charge in [-0.2, -0.15) is 11.3 Å². The molecule has 0 aliphatic carbocycles. The van der Waals surface area contributed by atoms with Crippen molar-refractivity contribution in [2.75, 3.05) is 13.1 Å². The second-order valence-electron chi connectivity index (χ2n) is 4.79. The lowest BCUT2D eigenvalue weighted by Crippen LogP contribution is -2.23. The third kappa shape index (κ3) is 4.64. The standard InChI is InChI=1S/C16H20ClNS/c1-2-7-18-11-15(9-13-6-8-19-12-13)14-4-3-5-16(17)10-14/h3-6,8,10,12,15,18H,2,7,9,11H2,1H3. The zero-order chi connectivity index (χ0) is 13.5. The maximum Gasteiger partial charge on any atom is 0.0408 e. The van der Waals surface area contributed by atoms with E-state index in [1.54, 1.807) is 11.3 Å². The Morgan fingerprint density at radius 1 is 1.32 bits per heavy atom. The van der Waals surface area contributed by atoms with Crippen LogP contribution in [0.5, 0.6) is 0 Å². The molecule has 2 rings (SSSR count). The summed E-state index contributed by atoms with van der Waals surface area (Å²) in [6.45, 7) is 4.27. The Kier molecular flexibility index (Phi) is 5.90. The lowest BCUT2D eigenvalue weighted by Gasteiger charge is -2.18. The van der Waals surface area contributed by atoms with E-state index in [-0.39, 0.29) is 0 Å². The van der Waals surface area contributed by atoms with Gasteiger partial charge in [-0.1, -0.05) is 30.7 Å². The van der Waals surface area contributed by atoms with Gasteiger partial charge in [0.15, 0.2) is 0 Å². The smallest absolute Gasteiger partial charge is 0.0408 e. The van der Waals surface area contributed by atoms with Gasteiger partial charge in [-0.15, -0.1) is 0 Å². The first kappa shape index (κ1) is 14.6. The SMILES string of the molecule is CCCNCC(Cc1ccsc1)c1cccc(Cl)c1. The molecule has 0 aliphatic rings. The van der Waals surface area contributed by atoms with E-state index in [0.717, 1.165) is 24.5 Å². The van der Waals surface area contributed by atoms with Crippen molar-refractivity contribution in [3.63, 3.8) is 0 Å². The van der Waals surface area contributed by atoms with Crippen molar-refractivity contribution in [2.24, 2.45) is 0 Å². The summed E-state index contributed by atoms with van der Waals surface area (Å²) in [4.78, 5) is 0. The molecule has 2 aromatic rings. The number of rotatable bonds is 7. The van der Waals surface area contributed by atoms with Gasteiger partial charge in [-0.3, -0.25) is 0 Å². The first-order valence-electron chi connectivity index (χ1n) is 6.77. The summed E-state index contributed by atoms with van der Waals surface area (Å²) in [7, 11) is 0. The van der Waals surface area contributed by atoms with Crippen molar-refractivity contribution in [3.8, 4) is 0 Å². The topological polar surface area (TPSA) is 12.0 Å². The number of hydrogen-bond donors (Lipinski definition) is 1. The van der Waals surface area contributed by atoms with Crippen LogP contribution in [0.25, 0.3) is 0 Å². The minimum atomic E-state index is 0.486. The van der Waals surface area contributed by atoms with Crippen LogP contribution in [0.15, 0.2) is 41.1 Å². The Hall–Kier alpha value is -0.830. The van der Waals surface area contributed by atoms with Crippen LogP contribution in [0.1, 0.15) is 30.4 Å². The van der Waals surface area contributed by atoms with E-state index in [0.29, 0.717) is 5.92 Å². The summed E-state index contributed by atoms with van der Waals surface area (Å²) in [6, 6.07) is 10.5. The van der Waals surface area contributed by atoms with Crippen molar-refractivity contribution >= 4 is 22.9 Å². The maximum absolute atomic E-state index is 6.11. The third-order valence-electron chi connectivity index (χ3n) is 3.20. The second kappa shape index (κ2) is 7.68. The fourth-order valence-electron chi connectivity index (χ4n) is 2.21. The summed E-state index contributed by atoms with van der Waals surface area (Å²) in [5.41, 5.74) is 2.73. The van der Waals surface area contributed by atoms with Crippen LogP contribution in [-0.2, 0) is 6.42 Å². The Morgan fingerprint density at radius 2 is 2.21 bits per heavy atom. The van der Waals surface area contributed by atoms with Crippen molar-refractivity contribution in [2.45, 2.75) is 25.7 Å². The molecule has 1 unspecified atom stereocenters. The minimum Gasteiger partial charge on any atom is -0.316 e. The molecule has 1 aromatic carbocycles. The number of hydrogen-bond acceptors (Lipinski definition) is 2. The van der Waals surface area contributed by atoms with Gasteiger partial charge in [0.2, 0.25) is 0 Å². The first-order valence-corrected chi connectivity index (χ1v) is 8.09. The molecule has 0 bridgehead atoms. The van der Waals surface area contributed by atoms with Crippen molar-refractivity contribution in [1.82, 2.24) is 5.32 Å². The quantitative estimate of drug-likeness (QED) is 0.728. The highest BCUT2D eigenvalue weighted by Gasteiger charge is 2.12. The average Bonchev–Trinajstić information content (AvgIpc) is 2.91. The summed E-state index contributed by atoms with van der Waals surface area (Å²) in [5, 5.41) is 8.72. The van der Waals surface area contributed by atoms with E-state index in [1.807, 2.05) is 12.1 Å². The van der Waals surface area contributed by atoms with Gasteiger partial charge in [0.25, 0.3) is 0 Å². The Balaban J connectivity index is 2.08.